The summed E-state index contributed by atoms with van der Waals surface area (Å²) in [5.74, 6) is -5.91. The van der Waals surface area contributed by atoms with E-state index in [2.05, 4.69) is 9.05 Å². The van der Waals surface area contributed by atoms with Crippen LogP contribution in [0.2, 0.25) is 0 Å². The van der Waals surface area contributed by atoms with Gasteiger partial charge in [0.15, 0.2) is 5.60 Å². The van der Waals surface area contributed by atoms with Crippen molar-refractivity contribution in [2.24, 2.45) is 0 Å². The molecule has 0 rings (SSSR count). The molecule has 0 saturated carbocycles. The number of aliphatic carboxylic acids is 1. The Morgan fingerprint density at radius 3 is 1.33 bits per heavy atom. The topological polar surface area (TPSA) is 225 Å². The van der Waals surface area contributed by atoms with Gasteiger partial charge in [0.2, 0.25) is 0 Å². The monoisotopic (exact) mass is 352 g/mol. The lowest BCUT2D eigenvalue weighted by Gasteiger charge is -2.21. The molecule has 0 bridgehead atoms. The predicted octanol–water partition coefficient (Wildman–Crippen LogP) is -2.15. The highest BCUT2D eigenvalue weighted by Gasteiger charge is 2.44. The molecule has 0 aliphatic carbocycles. The summed E-state index contributed by atoms with van der Waals surface area (Å²) in [6, 6.07) is 0. The van der Waals surface area contributed by atoms with E-state index < -0.39 is 52.0 Å². The van der Waals surface area contributed by atoms with Crippen molar-refractivity contribution >= 4 is 33.6 Å². The zero-order valence-electron chi connectivity index (χ0n) is 9.85. The third kappa shape index (κ3) is 8.52. The van der Waals surface area contributed by atoms with E-state index in [1.165, 1.54) is 0 Å². The number of carboxylic acids is 1. The van der Waals surface area contributed by atoms with Crippen LogP contribution in [0.1, 0.15) is 12.8 Å². The fourth-order valence-electron chi connectivity index (χ4n) is 1.02. The zero-order chi connectivity index (χ0) is 17.1. The lowest BCUT2D eigenvalue weighted by molar-refractivity contribution is -0.169. The summed E-state index contributed by atoms with van der Waals surface area (Å²) >= 11 is 0. The third-order valence-electron chi connectivity index (χ3n) is 1.71. The number of phosphoric ester groups is 2. The van der Waals surface area contributed by atoms with Crippen LogP contribution in [0, 0.1) is 0 Å². The van der Waals surface area contributed by atoms with Crippen LogP contribution in [0.25, 0.3) is 0 Å². The van der Waals surface area contributed by atoms with Crippen LogP contribution in [0.5, 0.6) is 0 Å². The van der Waals surface area contributed by atoms with Gasteiger partial charge >= 0.3 is 33.6 Å². The van der Waals surface area contributed by atoms with Gasteiger partial charge in [-0.2, -0.15) is 0 Å². The van der Waals surface area contributed by atoms with E-state index in [1.54, 1.807) is 0 Å². The van der Waals surface area contributed by atoms with E-state index in [-0.39, 0.29) is 0 Å². The van der Waals surface area contributed by atoms with Crippen LogP contribution in [0.4, 0.5) is 0 Å². The quantitative estimate of drug-likeness (QED) is 0.269. The molecule has 0 saturated heterocycles. The molecule has 0 unspecified atom stereocenters. The molecule has 15 heteroatoms. The molecule has 0 fully saturated rings. The summed E-state index contributed by atoms with van der Waals surface area (Å²) < 4.78 is 27.6. The predicted molar refractivity (Wildman–Crippen MR) is 58.1 cm³/mol. The fourth-order valence-corrected chi connectivity index (χ4v) is 1.68. The maximum atomic E-state index is 11.0. The maximum absolute atomic E-state index is 11.0. The van der Waals surface area contributed by atoms with Crippen molar-refractivity contribution in [2.75, 3.05) is 0 Å². The lowest BCUT2D eigenvalue weighted by Crippen LogP contribution is -2.43. The van der Waals surface area contributed by atoms with Crippen LogP contribution >= 0.6 is 15.6 Å². The van der Waals surface area contributed by atoms with Crippen molar-refractivity contribution in [1.82, 2.24) is 0 Å². The Labute approximate surface area is 115 Å². The Kier molecular flexibility index (Phi) is 6.20. The summed E-state index contributed by atoms with van der Waals surface area (Å²) in [4.78, 5) is 66.0. The van der Waals surface area contributed by atoms with Gasteiger partial charge in [-0.15, -0.1) is 0 Å². The molecule has 0 radical (unpaired) electrons. The first-order valence-electron chi connectivity index (χ1n) is 4.66. The molecule has 13 nitrogen and oxygen atoms in total. The molecule has 0 aromatic rings. The van der Waals surface area contributed by atoms with E-state index in [9.17, 15) is 28.6 Å². The van der Waals surface area contributed by atoms with Crippen molar-refractivity contribution in [1.29, 1.82) is 0 Å². The normalized spacial score (nSPS) is 12.6. The molecule has 0 aromatic heterocycles. The number of carbonyl (C=O) groups is 3. The Bertz CT molecular complexity index is 487. The number of rotatable bonds is 7. The van der Waals surface area contributed by atoms with Gasteiger partial charge in [0, 0.05) is 0 Å². The molecule has 0 spiro atoms. The number of carboxylic acid groups (broad SMARTS) is 1. The van der Waals surface area contributed by atoms with Crippen molar-refractivity contribution in [2.45, 2.75) is 18.4 Å². The summed E-state index contributed by atoms with van der Waals surface area (Å²) in [5.41, 5.74) is -3.24. The van der Waals surface area contributed by atoms with E-state index in [1.807, 2.05) is 0 Å². The Balaban J connectivity index is 4.98. The highest BCUT2D eigenvalue weighted by Crippen LogP contribution is 2.39. The Morgan fingerprint density at radius 1 is 0.857 bits per heavy atom. The first-order valence-corrected chi connectivity index (χ1v) is 7.72. The maximum Gasteiger partial charge on any atom is 0.526 e. The highest BCUT2D eigenvalue weighted by molar-refractivity contribution is 7.47. The minimum Gasteiger partial charge on any atom is -0.479 e. The fraction of sp³-hybridized carbons (Fsp3) is 0.500. The Hall–Kier alpha value is -1.33. The summed E-state index contributed by atoms with van der Waals surface area (Å²) in [7, 11) is -10.6. The van der Waals surface area contributed by atoms with Gasteiger partial charge in [0.25, 0.3) is 0 Å². The average Bonchev–Trinajstić information content (AvgIpc) is 2.08. The molecule has 0 aromatic carbocycles. The van der Waals surface area contributed by atoms with Crippen LogP contribution in [0.3, 0.4) is 0 Å². The number of carbonyl (C=O) groups excluding carboxylic acids is 2. The van der Waals surface area contributed by atoms with Gasteiger partial charge in [-0.25, -0.2) is 13.9 Å². The van der Waals surface area contributed by atoms with E-state index in [0.717, 1.165) is 0 Å². The van der Waals surface area contributed by atoms with Gasteiger partial charge < -0.3 is 19.3 Å². The summed E-state index contributed by atoms with van der Waals surface area (Å²) in [6.45, 7) is 0. The molecule has 0 atom stereocenters. The number of phosphoric acid groups is 2. The van der Waals surface area contributed by atoms with Crippen LogP contribution in [-0.2, 0) is 32.6 Å². The first-order chi connectivity index (χ1) is 9.15. The third-order valence-corrected chi connectivity index (χ3v) is 2.60. The largest absolute Gasteiger partial charge is 0.526 e. The van der Waals surface area contributed by atoms with Crippen molar-refractivity contribution in [3.05, 3.63) is 0 Å². The standard InChI is InChI=1S/C6H10O13P2/c7-3(18-20(12,13)14)1-6(11,5(9)10)2-4(8)19-21(15,16)17/h11H,1-2H2,(H,9,10)(H2,12,13,14)(H2,15,16,17). The number of hydrogen-bond acceptors (Lipinski definition) is 8. The van der Waals surface area contributed by atoms with Crippen molar-refractivity contribution in [3.8, 4) is 0 Å². The molecule has 6 N–H and O–H groups in total. The number of aliphatic hydroxyl groups is 1. The van der Waals surface area contributed by atoms with Gasteiger partial charge in [-0.05, 0) is 0 Å². The molecule has 21 heavy (non-hydrogen) atoms. The van der Waals surface area contributed by atoms with E-state index in [4.69, 9.17) is 24.7 Å². The van der Waals surface area contributed by atoms with Crippen LogP contribution < -0.4 is 0 Å². The highest BCUT2D eigenvalue weighted by atomic mass is 31.2. The molecule has 0 heterocycles. The second-order valence-electron chi connectivity index (χ2n) is 3.60. The summed E-state index contributed by atoms with van der Waals surface area (Å²) in [5, 5.41) is 18.2. The number of hydrogen-bond donors (Lipinski definition) is 6. The second-order valence-corrected chi connectivity index (χ2v) is 5.93. The van der Waals surface area contributed by atoms with Gasteiger partial charge in [0.1, 0.15) is 0 Å². The molecular weight excluding hydrogens is 342 g/mol. The zero-order valence-corrected chi connectivity index (χ0v) is 11.6. The average molecular weight is 352 g/mol. The van der Waals surface area contributed by atoms with Crippen molar-refractivity contribution < 1.29 is 62.3 Å². The molecular formula is C6H10O13P2. The van der Waals surface area contributed by atoms with Gasteiger partial charge in [-0.3, -0.25) is 29.2 Å². The smallest absolute Gasteiger partial charge is 0.479 e. The molecule has 0 aliphatic heterocycles. The molecule has 122 valence electrons. The van der Waals surface area contributed by atoms with E-state index in [0.29, 0.717) is 0 Å². The molecule has 0 aliphatic rings. The minimum atomic E-state index is -5.30. The first kappa shape index (κ1) is 19.7. The lowest BCUT2D eigenvalue weighted by atomic mass is 9.96. The van der Waals surface area contributed by atoms with E-state index >= 15 is 0 Å². The van der Waals surface area contributed by atoms with Gasteiger partial charge in [-0.1, -0.05) is 0 Å². The molecule has 0 amide bonds. The van der Waals surface area contributed by atoms with Crippen molar-refractivity contribution in [3.63, 3.8) is 0 Å². The minimum absolute atomic E-state index is 1.58. The van der Waals surface area contributed by atoms with Crippen LogP contribution in [-0.4, -0.2) is 53.3 Å². The summed E-state index contributed by atoms with van der Waals surface area (Å²) in [6.07, 6.45) is -3.16. The van der Waals surface area contributed by atoms with Gasteiger partial charge in [0.05, 0.1) is 12.8 Å². The van der Waals surface area contributed by atoms with Crippen LogP contribution in [0.15, 0.2) is 0 Å². The second kappa shape index (κ2) is 6.62. The Morgan fingerprint density at radius 2 is 1.14 bits per heavy atom. The SMILES string of the molecule is O=C(CC(O)(CC(=O)OP(=O)(O)O)C(=O)O)OP(=O)(O)O.